The maximum Gasteiger partial charge on any atom is 0.0900 e. The molecule has 0 saturated carbocycles. The van der Waals surface area contributed by atoms with Crippen LogP contribution in [0, 0.1) is 0 Å². The van der Waals surface area contributed by atoms with Gasteiger partial charge in [-0.1, -0.05) is 103 Å². The monoisotopic (exact) mass is 639 g/mol. The van der Waals surface area contributed by atoms with Crippen molar-refractivity contribution in [3.63, 3.8) is 0 Å². The van der Waals surface area contributed by atoms with E-state index in [0.29, 0.717) is 0 Å². The molecule has 0 aliphatic heterocycles. The summed E-state index contributed by atoms with van der Waals surface area (Å²) < 4.78 is 0. The fraction of sp³-hybridized carbons (Fsp3) is 0. The van der Waals surface area contributed by atoms with E-state index >= 15 is 0 Å². The maximum atomic E-state index is 5.39. The summed E-state index contributed by atoms with van der Waals surface area (Å²) >= 11 is 0. The Hall–Kier alpha value is -6.85. The van der Waals surface area contributed by atoms with Gasteiger partial charge in [0.05, 0.1) is 34.0 Å². The summed E-state index contributed by atoms with van der Waals surface area (Å²) in [6.45, 7) is 0. The number of rotatable bonds is 6. The van der Waals surface area contributed by atoms with E-state index < -0.39 is 0 Å². The Bertz CT molecular complexity index is 2550. The second-order valence-corrected chi connectivity index (χ2v) is 12.1. The number of pyridine rings is 5. The zero-order valence-corrected chi connectivity index (χ0v) is 27.0. The molecule has 9 aromatic rings. The highest BCUT2D eigenvalue weighted by Crippen LogP contribution is 2.41. The van der Waals surface area contributed by atoms with Gasteiger partial charge in [0.1, 0.15) is 0 Å². The van der Waals surface area contributed by atoms with Gasteiger partial charge in [0.2, 0.25) is 0 Å². The summed E-state index contributed by atoms with van der Waals surface area (Å²) in [5.41, 5.74) is 12.7. The summed E-state index contributed by atoms with van der Waals surface area (Å²) in [6, 6.07) is 52.3. The summed E-state index contributed by atoms with van der Waals surface area (Å²) in [5.74, 6) is 0. The summed E-state index contributed by atoms with van der Waals surface area (Å²) in [5, 5.41) is 3.40. The molecule has 0 amide bonds. The van der Waals surface area contributed by atoms with Crippen molar-refractivity contribution in [2.24, 2.45) is 0 Å². The number of aromatic nitrogens is 5. The molecular formula is C45H29N5. The number of para-hydroxylation sites is 1. The van der Waals surface area contributed by atoms with Gasteiger partial charge in [-0.2, -0.15) is 0 Å². The molecule has 0 spiro atoms. The highest BCUT2D eigenvalue weighted by Gasteiger charge is 2.17. The van der Waals surface area contributed by atoms with Gasteiger partial charge in [0.15, 0.2) is 0 Å². The van der Waals surface area contributed by atoms with Crippen molar-refractivity contribution in [2.45, 2.75) is 0 Å². The van der Waals surface area contributed by atoms with Gasteiger partial charge in [-0.25, -0.2) is 9.97 Å². The van der Waals surface area contributed by atoms with Crippen LogP contribution in [0.2, 0.25) is 0 Å². The van der Waals surface area contributed by atoms with E-state index in [0.717, 1.165) is 72.6 Å². The van der Waals surface area contributed by atoms with Crippen LogP contribution < -0.4 is 0 Å². The Labute approximate surface area is 289 Å². The number of benzene rings is 4. The number of nitrogens with zero attached hydrogens (tertiary/aromatic N) is 5. The van der Waals surface area contributed by atoms with Gasteiger partial charge < -0.3 is 0 Å². The lowest BCUT2D eigenvalue weighted by Crippen LogP contribution is -1.95. The minimum absolute atomic E-state index is 0.801. The quantitative estimate of drug-likeness (QED) is 0.169. The highest BCUT2D eigenvalue weighted by atomic mass is 14.8. The van der Waals surface area contributed by atoms with Crippen LogP contribution in [0.3, 0.4) is 0 Å². The molecule has 0 aliphatic carbocycles. The van der Waals surface area contributed by atoms with Crippen LogP contribution in [0.5, 0.6) is 0 Å². The van der Waals surface area contributed by atoms with E-state index in [4.69, 9.17) is 9.97 Å². The Morgan fingerprint density at radius 3 is 1.64 bits per heavy atom. The molecule has 0 bridgehead atoms. The molecule has 9 rings (SSSR count). The van der Waals surface area contributed by atoms with E-state index in [1.807, 2.05) is 48.7 Å². The summed E-state index contributed by atoms with van der Waals surface area (Å²) in [6.07, 6.45) is 7.29. The van der Waals surface area contributed by atoms with E-state index in [9.17, 15) is 0 Å². The SMILES string of the molecule is c1ccc(-c2cccc3c(-c4cccnc4)nc4c(-c5ccc(-c6cc(-c7ccccn7)nc(-c7ccccn7)c6)cc5)cccc4c23)cc1. The van der Waals surface area contributed by atoms with Crippen LogP contribution in [-0.4, -0.2) is 24.9 Å². The Balaban J connectivity index is 1.21. The molecule has 5 nitrogen and oxygen atoms in total. The van der Waals surface area contributed by atoms with Gasteiger partial charge in [0.25, 0.3) is 0 Å². The fourth-order valence-electron chi connectivity index (χ4n) is 6.72. The van der Waals surface area contributed by atoms with Gasteiger partial charge in [-0.05, 0) is 76.3 Å². The van der Waals surface area contributed by atoms with E-state index in [2.05, 4.69) is 124 Å². The van der Waals surface area contributed by atoms with Gasteiger partial charge in [-0.15, -0.1) is 0 Å². The molecule has 234 valence electrons. The van der Waals surface area contributed by atoms with Gasteiger partial charge >= 0.3 is 0 Å². The first-order chi connectivity index (χ1) is 24.8. The summed E-state index contributed by atoms with van der Waals surface area (Å²) in [4.78, 5) is 24.0. The predicted molar refractivity (Wildman–Crippen MR) is 203 cm³/mol. The zero-order valence-electron chi connectivity index (χ0n) is 27.0. The van der Waals surface area contributed by atoms with Crippen molar-refractivity contribution in [3.8, 4) is 67.4 Å². The van der Waals surface area contributed by atoms with Crippen molar-refractivity contribution >= 4 is 21.7 Å². The molecule has 0 fully saturated rings. The molecule has 0 N–H and O–H groups in total. The normalized spacial score (nSPS) is 11.2. The molecular weight excluding hydrogens is 611 g/mol. The molecule has 5 aromatic heterocycles. The molecule has 0 unspecified atom stereocenters. The fourth-order valence-corrected chi connectivity index (χ4v) is 6.72. The lowest BCUT2D eigenvalue weighted by molar-refractivity contribution is 1.22. The van der Waals surface area contributed by atoms with Crippen molar-refractivity contribution in [1.29, 1.82) is 0 Å². The van der Waals surface area contributed by atoms with Crippen molar-refractivity contribution in [2.75, 3.05) is 0 Å². The number of fused-ring (bicyclic) bond motifs is 3. The van der Waals surface area contributed by atoms with Gasteiger partial charge in [0, 0.05) is 52.1 Å². The van der Waals surface area contributed by atoms with Crippen LogP contribution in [0.25, 0.3) is 89.1 Å². The number of hydrogen-bond donors (Lipinski definition) is 0. The molecule has 5 heterocycles. The molecule has 4 aromatic carbocycles. The van der Waals surface area contributed by atoms with E-state index in [1.165, 1.54) is 16.5 Å². The largest absolute Gasteiger partial charge is 0.264 e. The average Bonchev–Trinajstić information content (AvgIpc) is 3.21. The standard InChI is InChI=1S/C45H29N5/c1-2-11-31(12-3-1)35-14-8-16-37-43(35)38-17-9-15-36(45(38)50-44(37)33-13-10-24-46-29-33)32-22-20-30(21-23-32)34-27-41(39-18-4-6-25-47-39)49-42(28-34)40-19-5-7-26-48-40/h1-29H. The van der Waals surface area contributed by atoms with Crippen LogP contribution in [0.4, 0.5) is 0 Å². The number of hydrogen-bond acceptors (Lipinski definition) is 5. The van der Waals surface area contributed by atoms with E-state index in [-0.39, 0.29) is 0 Å². The first-order valence-corrected chi connectivity index (χ1v) is 16.6. The lowest BCUT2D eigenvalue weighted by atomic mass is 9.91. The minimum Gasteiger partial charge on any atom is -0.264 e. The first kappa shape index (κ1) is 29.3. The van der Waals surface area contributed by atoms with Crippen molar-refractivity contribution < 1.29 is 0 Å². The third-order valence-electron chi connectivity index (χ3n) is 9.08. The van der Waals surface area contributed by atoms with Crippen LogP contribution >= 0.6 is 0 Å². The molecule has 0 atom stereocenters. The second kappa shape index (κ2) is 12.6. The lowest BCUT2D eigenvalue weighted by Gasteiger charge is -2.16. The van der Waals surface area contributed by atoms with Crippen molar-refractivity contribution in [1.82, 2.24) is 24.9 Å². The molecule has 0 saturated heterocycles. The minimum atomic E-state index is 0.801. The highest BCUT2D eigenvalue weighted by molar-refractivity contribution is 6.19. The third kappa shape index (κ3) is 5.37. The molecule has 5 heteroatoms. The molecule has 50 heavy (non-hydrogen) atoms. The van der Waals surface area contributed by atoms with E-state index in [1.54, 1.807) is 18.6 Å². The van der Waals surface area contributed by atoms with Crippen LogP contribution in [0.15, 0.2) is 176 Å². The third-order valence-corrected chi connectivity index (χ3v) is 9.08. The topological polar surface area (TPSA) is 64.5 Å². The smallest absolute Gasteiger partial charge is 0.0900 e. The Kier molecular flexibility index (Phi) is 7.41. The summed E-state index contributed by atoms with van der Waals surface area (Å²) in [7, 11) is 0. The Morgan fingerprint density at radius 1 is 0.360 bits per heavy atom. The predicted octanol–water partition coefficient (Wildman–Crippen LogP) is 11.0. The second-order valence-electron chi connectivity index (χ2n) is 12.1. The van der Waals surface area contributed by atoms with Crippen molar-refractivity contribution in [3.05, 3.63) is 176 Å². The van der Waals surface area contributed by atoms with Gasteiger partial charge in [-0.3, -0.25) is 15.0 Å². The molecule has 0 radical (unpaired) electrons. The van der Waals surface area contributed by atoms with Crippen LogP contribution in [-0.2, 0) is 0 Å². The first-order valence-electron chi connectivity index (χ1n) is 16.6. The molecule has 0 aliphatic rings. The Morgan fingerprint density at radius 2 is 0.980 bits per heavy atom. The van der Waals surface area contributed by atoms with Crippen LogP contribution in [0.1, 0.15) is 0 Å². The maximum absolute atomic E-state index is 5.39. The zero-order chi connectivity index (χ0) is 33.3. The average molecular weight is 640 g/mol.